The molecule has 0 radical (unpaired) electrons. The molecule has 0 saturated carbocycles. The standard InChI is InChI=1S/C12H16N2O5/c1-8(7-19-2)13-11(16)6-14-4-3-10(15)9(5-14)12(17)18/h3-5,8H,6-7H2,1-2H3,(H,13,16)(H,17,18). The Morgan fingerprint density at radius 1 is 1.53 bits per heavy atom. The van der Waals surface area contributed by atoms with Crippen LogP contribution in [0.15, 0.2) is 23.3 Å². The van der Waals surface area contributed by atoms with Crippen LogP contribution in [-0.4, -0.2) is 41.3 Å². The molecule has 7 nitrogen and oxygen atoms in total. The van der Waals surface area contributed by atoms with Gasteiger partial charge in [-0.1, -0.05) is 0 Å². The number of amides is 1. The molecule has 0 bridgehead atoms. The molecule has 0 fully saturated rings. The molecule has 0 aliphatic carbocycles. The van der Waals surface area contributed by atoms with Crippen LogP contribution >= 0.6 is 0 Å². The Kier molecular flexibility index (Phi) is 5.25. The number of carbonyl (C=O) groups excluding carboxylic acids is 1. The second-order valence-corrected chi connectivity index (χ2v) is 4.12. The van der Waals surface area contributed by atoms with Crippen LogP contribution in [0.2, 0.25) is 0 Å². The Morgan fingerprint density at radius 2 is 2.21 bits per heavy atom. The highest BCUT2D eigenvalue weighted by molar-refractivity contribution is 5.87. The van der Waals surface area contributed by atoms with E-state index >= 15 is 0 Å². The zero-order valence-corrected chi connectivity index (χ0v) is 10.8. The maximum Gasteiger partial charge on any atom is 0.341 e. The molecule has 1 heterocycles. The van der Waals surface area contributed by atoms with Gasteiger partial charge in [0.25, 0.3) is 0 Å². The number of aromatic nitrogens is 1. The molecular formula is C12H16N2O5. The van der Waals surface area contributed by atoms with Crippen molar-refractivity contribution in [3.63, 3.8) is 0 Å². The number of methoxy groups -OCH3 is 1. The molecule has 0 aromatic carbocycles. The van der Waals surface area contributed by atoms with Crippen molar-refractivity contribution >= 4 is 11.9 Å². The van der Waals surface area contributed by atoms with Gasteiger partial charge >= 0.3 is 5.97 Å². The first kappa shape index (κ1) is 14.9. The minimum atomic E-state index is -1.31. The van der Waals surface area contributed by atoms with Crippen LogP contribution in [-0.2, 0) is 16.1 Å². The van der Waals surface area contributed by atoms with Crippen molar-refractivity contribution in [2.75, 3.05) is 13.7 Å². The van der Waals surface area contributed by atoms with Gasteiger partial charge in [-0.05, 0) is 6.92 Å². The predicted octanol–water partition coefficient (Wildman–Crippen LogP) is -0.302. The van der Waals surface area contributed by atoms with Crippen LogP contribution in [0.4, 0.5) is 0 Å². The van der Waals surface area contributed by atoms with Gasteiger partial charge in [-0.25, -0.2) is 4.79 Å². The average Bonchev–Trinajstić information content (AvgIpc) is 2.31. The van der Waals surface area contributed by atoms with Crippen molar-refractivity contribution < 1.29 is 19.4 Å². The number of nitrogens with one attached hydrogen (secondary N) is 1. The van der Waals surface area contributed by atoms with E-state index in [1.54, 1.807) is 6.92 Å². The zero-order chi connectivity index (χ0) is 14.4. The quantitative estimate of drug-likeness (QED) is 0.738. The van der Waals surface area contributed by atoms with Gasteiger partial charge < -0.3 is 19.7 Å². The third-order valence-electron chi connectivity index (χ3n) is 2.36. The van der Waals surface area contributed by atoms with Crippen LogP contribution < -0.4 is 10.7 Å². The third kappa shape index (κ3) is 4.55. The van der Waals surface area contributed by atoms with Gasteiger partial charge in [0.1, 0.15) is 12.1 Å². The largest absolute Gasteiger partial charge is 0.477 e. The lowest BCUT2D eigenvalue weighted by atomic mass is 10.2. The number of carbonyl (C=O) groups is 2. The topological polar surface area (TPSA) is 97.6 Å². The Morgan fingerprint density at radius 3 is 2.79 bits per heavy atom. The lowest BCUT2D eigenvalue weighted by Crippen LogP contribution is -2.37. The molecule has 0 saturated heterocycles. The highest BCUT2D eigenvalue weighted by atomic mass is 16.5. The molecule has 1 aromatic rings. The van der Waals surface area contributed by atoms with E-state index in [0.29, 0.717) is 6.61 Å². The van der Waals surface area contributed by atoms with E-state index in [4.69, 9.17) is 9.84 Å². The average molecular weight is 268 g/mol. The Hall–Kier alpha value is -2.15. The predicted molar refractivity (Wildman–Crippen MR) is 67.1 cm³/mol. The highest BCUT2D eigenvalue weighted by Crippen LogP contribution is 1.94. The number of rotatable bonds is 6. The molecule has 0 aliphatic rings. The summed E-state index contributed by atoms with van der Waals surface area (Å²) >= 11 is 0. The van der Waals surface area contributed by atoms with Gasteiger partial charge in [0.2, 0.25) is 5.91 Å². The van der Waals surface area contributed by atoms with Crippen LogP contribution in [0.5, 0.6) is 0 Å². The highest BCUT2D eigenvalue weighted by Gasteiger charge is 2.11. The summed E-state index contributed by atoms with van der Waals surface area (Å²) in [7, 11) is 1.53. The molecule has 1 unspecified atom stereocenters. The van der Waals surface area contributed by atoms with Gasteiger partial charge in [-0.15, -0.1) is 0 Å². The number of carboxylic acids is 1. The molecule has 0 aliphatic heterocycles. The number of carboxylic acid groups (broad SMARTS) is 1. The second kappa shape index (κ2) is 6.69. The van der Waals surface area contributed by atoms with Crippen LogP contribution in [0.1, 0.15) is 17.3 Å². The molecule has 2 N–H and O–H groups in total. The summed E-state index contributed by atoms with van der Waals surface area (Å²) in [6, 6.07) is 0.978. The smallest absolute Gasteiger partial charge is 0.341 e. The van der Waals surface area contributed by atoms with E-state index in [1.807, 2.05) is 0 Å². The minimum Gasteiger partial charge on any atom is -0.477 e. The normalized spacial score (nSPS) is 11.9. The molecule has 1 aromatic heterocycles. The lowest BCUT2D eigenvalue weighted by molar-refractivity contribution is -0.122. The molecule has 104 valence electrons. The van der Waals surface area contributed by atoms with Crippen molar-refractivity contribution in [1.82, 2.24) is 9.88 Å². The minimum absolute atomic E-state index is 0.0609. The monoisotopic (exact) mass is 268 g/mol. The Labute approximate surface area is 109 Å². The number of ether oxygens (including phenoxy) is 1. The van der Waals surface area contributed by atoms with E-state index in [0.717, 1.165) is 12.3 Å². The maximum atomic E-state index is 11.7. The second-order valence-electron chi connectivity index (χ2n) is 4.12. The fraction of sp³-hybridized carbons (Fsp3) is 0.417. The summed E-state index contributed by atoms with van der Waals surface area (Å²) in [5, 5.41) is 11.5. The van der Waals surface area contributed by atoms with Gasteiger partial charge in [0, 0.05) is 31.6 Å². The number of hydrogen-bond acceptors (Lipinski definition) is 4. The first-order valence-corrected chi connectivity index (χ1v) is 5.65. The SMILES string of the molecule is COCC(C)NC(=O)Cn1ccc(=O)c(C(=O)O)c1. The summed E-state index contributed by atoms with van der Waals surface area (Å²) in [5.41, 5.74) is -0.947. The Bertz CT molecular complexity index is 523. The van der Waals surface area contributed by atoms with E-state index in [1.165, 1.54) is 17.9 Å². The van der Waals surface area contributed by atoms with E-state index in [9.17, 15) is 14.4 Å². The van der Waals surface area contributed by atoms with Gasteiger partial charge in [0.05, 0.1) is 6.61 Å². The summed E-state index contributed by atoms with van der Waals surface area (Å²) < 4.78 is 6.23. The van der Waals surface area contributed by atoms with Crippen LogP contribution in [0, 0.1) is 0 Å². The summed E-state index contributed by atoms with van der Waals surface area (Å²) in [6.45, 7) is 2.11. The number of nitrogens with zero attached hydrogens (tertiary/aromatic N) is 1. The number of hydrogen-bond donors (Lipinski definition) is 2. The van der Waals surface area contributed by atoms with Gasteiger partial charge in [0.15, 0.2) is 5.43 Å². The van der Waals surface area contributed by atoms with Crippen molar-refractivity contribution in [2.45, 2.75) is 19.5 Å². The van der Waals surface area contributed by atoms with E-state index < -0.39 is 11.4 Å². The molecule has 1 amide bonds. The van der Waals surface area contributed by atoms with Crippen molar-refractivity contribution in [3.05, 3.63) is 34.2 Å². The summed E-state index contributed by atoms with van der Waals surface area (Å²) in [6.07, 6.45) is 2.51. The van der Waals surface area contributed by atoms with Crippen molar-refractivity contribution in [1.29, 1.82) is 0 Å². The van der Waals surface area contributed by atoms with Crippen molar-refractivity contribution in [3.8, 4) is 0 Å². The molecular weight excluding hydrogens is 252 g/mol. The van der Waals surface area contributed by atoms with Gasteiger partial charge in [-0.2, -0.15) is 0 Å². The third-order valence-corrected chi connectivity index (χ3v) is 2.36. The number of aromatic carboxylic acids is 1. The summed E-state index contributed by atoms with van der Waals surface area (Å²) in [5.74, 6) is -1.60. The number of pyridine rings is 1. The molecule has 1 atom stereocenters. The fourth-order valence-electron chi connectivity index (χ4n) is 1.56. The lowest BCUT2D eigenvalue weighted by Gasteiger charge is -2.13. The molecule has 1 rings (SSSR count). The first-order chi connectivity index (χ1) is 8.93. The molecule has 7 heteroatoms. The van der Waals surface area contributed by atoms with Crippen molar-refractivity contribution in [2.24, 2.45) is 0 Å². The maximum absolute atomic E-state index is 11.7. The fourth-order valence-corrected chi connectivity index (χ4v) is 1.56. The molecule has 19 heavy (non-hydrogen) atoms. The molecule has 0 spiro atoms. The first-order valence-electron chi connectivity index (χ1n) is 5.65. The van der Waals surface area contributed by atoms with Crippen LogP contribution in [0.3, 0.4) is 0 Å². The van der Waals surface area contributed by atoms with E-state index in [2.05, 4.69) is 5.32 Å². The summed E-state index contributed by atoms with van der Waals surface area (Å²) in [4.78, 5) is 33.7. The van der Waals surface area contributed by atoms with Gasteiger partial charge in [-0.3, -0.25) is 9.59 Å². The Balaban J connectivity index is 2.72. The van der Waals surface area contributed by atoms with Crippen LogP contribution in [0.25, 0.3) is 0 Å². The van der Waals surface area contributed by atoms with E-state index in [-0.39, 0.29) is 24.1 Å². The zero-order valence-electron chi connectivity index (χ0n) is 10.8.